The largest absolute Gasteiger partial charge is 0.496 e. The number of amidine groups is 1. The first kappa shape index (κ1) is 27.5. The van der Waals surface area contributed by atoms with Gasteiger partial charge in [0, 0.05) is 53.0 Å². The van der Waals surface area contributed by atoms with Gasteiger partial charge in [0.1, 0.15) is 17.4 Å². The van der Waals surface area contributed by atoms with Gasteiger partial charge >= 0.3 is 0 Å². The first-order chi connectivity index (χ1) is 16.8. The smallest absolute Gasteiger partial charge is 0.257 e. The van der Waals surface area contributed by atoms with Crippen LogP contribution in [0.1, 0.15) is 45.7 Å². The van der Waals surface area contributed by atoms with Gasteiger partial charge in [-0.2, -0.15) is 0 Å². The summed E-state index contributed by atoms with van der Waals surface area (Å²) in [7, 11) is 1.44. The van der Waals surface area contributed by atoms with E-state index in [0.717, 1.165) is 19.5 Å². The number of likely N-dealkylation sites (tertiary alicyclic amines) is 1. The fraction of sp³-hybridized carbons (Fsp3) is 0.231. The van der Waals surface area contributed by atoms with Crippen LogP contribution in [-0.2, 0) is 6.42 Å². The number of hydrogen-bond acceptors (Lipinski definition) is 5. The van der Waals surface area contributed by atoms with E-state index < -0.39 is 5.91 Å². The minimum atomic E-state index is -0.507. The molecule has 4 rings (SSSR count). The number of hydrogen-bond donors (Lipinski definition) is 2. The first-order valence-corrected chi connectivity index (χ1v) is 11.9. The number of carbonyl (C=O) groups excluding carboxylic acids is 2. The summed E-state index contributed by atoms with van der Waals surface area (Å²) in [5, 5.41) is 11.9. The van der Waals surface area contributed by atoms with Crippen molar-refractivity contribution in [3.63, 3.8) is 0 Å². The van der Waals surface area contributed by atoms with Crippen LogP contribution in [-0.4, -0.2) is 47.6 Å². The molecule has 0 saturated carbocycles. The molecule has 3 aromatic rings. The Labute approximate surface area is 224 Å². The van der Waals surface area contributed by atoms with Gasteiger partial charge in [-0.05, 0) is 42.8 Å². The minimum Gasteiger partial charge on any atom is -0.496 e. The van der Waals surface area contributed by atoms with E-state index in [2.05, 4.69) is 10.3 Å². The number of ketones is 1. The lowest BCUT2D eigenvalue weighted by molar-refractivity contribution is 0.0991. The Balaban J connectivity index is 0.00000361. The Morgan fingerprint density at radius 2 is 1.81 bits per heavy atom. The van der Waals surface area contributed by atoms with E-state index in [1.54, 1.807) is 36.4 Å². The molecule has 1 aliphatic rings. The number of amides is 1. The number of Topliss-reactive ketones (excluding diaryl/α,β-unsaturated/α-hetero) is 1. The molecule has 10 heteroatoms. The van der Waals surface area contributed by atoms with Crippen LogP contribution in [0.25, 0.3) is 0 Å². The van der Waals surface area contributed by atoms with Gasteiger partial charge in [0.25, 0.3) is 5.91 Å². The Morgan fingerprint density at radius 3 is 2.39 bits per heavy atom. The summed E-state index contributed by atoms with van der Waals surface area (Å²) in [5.74, 6) is 0.154. The van der Waals surface area contributed by atoms with Crippen molar-refractivity contribution in [1.29, 1.82) is 5.41 Å². The molecular weight excluding hydrogens is 523 g/mol. The lowest BCUT2D eigenvalue weighted by atomic mass is 9.96. The van der Waals surface area contributed by atoms with Gasteiger partial charge in [-0.15, -0.1) is 0 Å². The highest BCUT2D eigenvalue weighted by molar-refractivity contribution is 6.34. The van der Waals surface area contributed by atoms with Gasteiger partial charge < -0.3 is 15.0 Å². The maximum absolute atomic E-state index is 13.2. The Bertz CT molecular complexity index is 1310. The number of nitrogens with one attached hydrogen (secondary N) is 2. The van der Waals surface area contributed by atoms with E-state index in [1.807, 2.05) is 4.90 Å². The van der Waals surface area contributed by atoms with E-state index in [-0.39, 0.29) is 40.8 Å². The number of rotatable bonds is 7. The lowest BCUT2D eigenvalue weighted by Gasteiger charge is -2.33. The molecule has 2 heterocycles. The third kappa shape index (κ3) is 5.98. The van der Waals surface area contributed by atoms with Crippen molar-refractivity contribution in [1.82, 2.24) is 9.88 Å². The molecular formula is C26H25Cl3N4O3. The molecule has 2 aromatic carbocycles. The molecule has 7 nitrogen and oxygen atoms in total. The standard InChI is InChI=1S/C25H21Cl3N4O3.CH4/c1-35-22-11-16(27)10-19(25(34)31-23-6-4-15(26)13-30-23)18(22)12-21(33)17-5-3-14(9-20(17)28)24(29)32-7-2-8-32;/h3-6,9-11,13,29H,2,7-8,12H2,1H3,(H,30,31,34);1H4. The highest BCUT2D eigenvalue weighted by Gasteiger charge is 2.23. The van der Waals surface area contributed by atoms with Crippen LogP contribution in [0.2, 0.25) is 15.1 Å². The maximum Gasteiger partial charge on any atom is 0.257 e. The number of pyridine rings is 1. The monoisotopic (exact) mass is 546 g/mol. The van der Waals surface area contributed by atoms with Crippen LogP contribution in [0, 0.1) is 5.41 Å². The Morgan fingerprint density at radius 1 is 1.06 bits per heavy atom. The molecule has 2 N–H and O–H groups in total. The highest BCUT2D eigenvalue weighted by atomic mass is 35.5. The third-order valence-electron chi connectivity index (χ3n) is 5.66. The highest BCUT2D eigenvalue weighted by Crippen LogP contribution is 2.31. The average molecular weight is 548 g/mol. The number of anilines is 1. The predicted octanol–water partition coefficient (Wildman–Crippen LogP) is 6.40. The Hall–Kier alpha value is -3.13. The fourth-order valence-corrected chi connectivity index (χ4v) is 4.28. The zero-order chi connectivity index (χ0) is 25.1. The van der Waals surface area contributed by atoms with Gasteiger partial charge in [-0.25, -0.2) is 4.98 Å². The molecule has 1 aliphatic heterocycles. The van der Waals surface area contributed by atoms with Crippen molar-refractivity contribution in [2.75, 3.05) is 25.5 Å². The van der Waals surface area contributed by atoms with Crippen LogP contribution < -0.4 is 10.1 Å². The normalized spacial score (nSPS) is 12.3. The maximum atomic E-state index is 13.2. The minimum absolute atomic E-state index is 0. The van der Waals surface area contributed by atoms with Gasteiger partial charge in [0.2, 0.25) is 0 Å². The molecule has 1 saturated heterocycles. The molecule has 0 spiro atoms. The number of methoxy groups -OCH3 is 1. The van der Waals surface area contributed by atoms with Crippen LogP contribution in [0.15, 0.2) is 48.7 Å². The molecule has 1 amide bonds. The van der Waals surface area contributed by atoms with Crippen LogP contribution >= 0.6 is 34.8 Å². The summed E-state index contributed by atoms with van der Waals surface area (Å²) >= 11 is 18.5. The van der Waals surface area contributed by atoms with Crippen molar-refractivity contribution in [2.45, 2.75) is 20.3 Å². The number of carbonyl (C=O) groups is 2. The van der Waals surface area contributed by atoms with Gasteiger partial charge in [0.05, 0.1) is 17.2 Å². The molecule has 0 aliphatic carbocycles. The Kier molecular flexibility index (Phi) is 8.95. The SMILES string of the molecule is C.COc1cc(Cl)cc(C(=O)Nc2ccc(Cl)cn2)c1CC(=O)c1ccc(C(=N)N2CCC2)cc1Cl. The van der Waals surface area contributed by atoms with Gasteiger partial charge in [-0.1, -0.05) is 48.3 Å². The van der Waals surface area contributed by atoms with Crippen molar-refractivity contribution in [3.8, 4) is 5.75 Å². The van der Waals surface area contributed by atoms with Crippen molar-refractivity contribution in [2.24, 2.45) is 0 Å². The second-order valence-electron chi connectivity index (χ2n) is 7.93. The topological polar surface area (TPSA) is 95.4 Å². The summed E-state index contributed by atoms with van der Waals surface area (Å²) in [5.41, 5.74) is 1.47. The quantitative estimate of drug-likeness (QED) is 0.203. The summed E-state index contributed by atoms with van der Waals surface area (Å²) in [6.45, 7) is 1.67. The molecule has 0 radical (unpaired) electrons. The molecule has 36 heavy (non-hydrogen) atoms. The van der Waals surface area contributed by atoms with Crippen LogP contribution in [0.5, 0.6) is 5.75 Å². The van der Waals surface area contributed by atoms with Gasteiger partial charge in [-0.3, -0.25) is 15.0 Å². The third-order valence-corrected chi connectivity index (χ3v) is 6.41. The second kappa shape index (κ2) is 11.7. The predicted molar refractivity (Wildman–Crippen MR) is 144 cm³/mol. The molecule has 0 bridgehead atoms. The second-order valence-corrected chi connectivity index (χ2v) is 9.21. The molecule has 188 valence electrons. The number of ether oxygens (including phenoxy) is 1. The van der Waals surface area contributed by atoms with E-state index in [9.17, 15) is 9.59 Å². The lowest BCUT2D eigenvalue weighted by Crippen LogP contribution is -2.42. The molecule has 0 atom stereocenters. The summed E-state index contributed by atoms with van der Waals surface area (Å²) in [6, 6.07) is 11.1. The molecule has 0 unspecified atom stereocenters. The average Bonchev–Trinajstić information content (AvgIpc) is 2.79. The zero-order valence-electron chi connectivity index (χ0n) is 18.7. The first-order valence-electron chi connectivity index (χ1n) is 10.7. The fourth-order valence-electron chi connectivity index (χ4n) is 3.68. The van der Waals surface area contributed by atoms with Crippen molar-refractivity contribution < 1.29 is 14.3 Å². The zero-order valence-corrected chi connectivity index (χ0v) is 21.0. The summed E-state index contributed by atoms with van der Waals surface area (Å²) < 4.78 is 5.43. The number of nitrogens with zero attached hydrogens (tertiary/aromatic N) is 2. The van der Waals surface area contributed by atoms with Gasteiger partial charge in [0.15, 0.2) is 5.78 Å². The number of aromatic nitrogens is 1. The number of halogens is 3. The van der Waals surface area contributed by atoms with Crippen LogP contribution in [0.4, 0.5) is 5.82 Å². The van der Waals surface area contributed by atoms with Crippen molar-refractivity contribution in [3.05, 3.63) is 86.0 Å². The van der Waals surface area contributed by atoms with E-state index in [4.69, 9.17) is 44.9 Å². The van der Waals surface area contributed by atoms with E-state index in [0.29, 0.717) is 33.6 Å². The summed E-state index contributed by atoms with van der Waals surface area (Å²) in [6.07, 6.45) is 2.31. The van der Waals surface area contributed by atoms with E-state index >= 15 is 0 Å². The molecule has 1 aromatic heterocycles. The van der Waals surface area contributed by atoms with Crippen molar-refractivity contribution >= 4 is 58.1 Å². The summed E-state index contributed by atoms with van der Waals surface area (Å²) in [4.78, 5) is 32.3. The number of benzene rings is 2. The molecule has 1 fully saturated rings. The van der Waals surface area contributed by atoms with E-state index in [1.165, 1.54) is 19.4 Å². The van der Waals surface area contributed by atoms with Crippen LogP contribution in [0.3, 0.4) is 0 Å².